The van der Waals surface area contributed by atoms with Gasteiger partial charge < -0.3 is 43.8 Å². The average molecular weight is 783 g/mol. The van der Waals surface area contributed by atoms with Gasteiger partial charge in [-0.15, -0.1) is 0 Å². The van der Waals surface area contributed by atoms with Crippen LogP contribution >= 0.6 is 0 Å². The summed E-state index contributed by atoms with van der Waals surface area (Å²) in [6.45, 7) is 2.40. The van der Waals surface area contributed by atoms with Crippen LogP contribution in [0.4, 0.5) is 11.4 Å². The van der Waals surface area contributed by atoms with E-state index in [-0.39, 0.29) is 0 Å². The van der Waals surface area contributed by atoms with Crippen molar-refractivity contribution in [2.45, 2.75) is 0 Å². The van der Waals surface area contributed by atoms with Crippen molar-refractivity contribution in [3.8, 4) is 57.0 Å². The Morgan fingerprint density at radius 3 is 1.08 bits per heavy atom. The van der Waals surface area contributed by atoms with Crippen LogP contribution in [0.1, 0.15) is 0 Å². The number of hydrogen-bond donors (Lipinski definition) is 4. The molecule has 0 aliphatic rings. The van der Waals surface area contributed by atoms with Crippen molar-refractivity contribution in [3.63, 3.8) is 0 Å². The van der Waals surface area contributed by atoms with Crippen LogP contribution in [-0.4, -0.2) is 117 Å². The van der Waals surface area contributed by atoms with E-state index in [1.807, 2.05) is 48.5 Å². The molecule has 0 spiro atoms. The summed E-state index contributed by atoms with van der Waals surface area (Å²) in [5.41, 5.74) is 5.11. The molecule has 0 aliphatic carbocycles. The molecule has 19 heteroatoms. The van der Waals surface area contributed by atoms with E-state index >= 15 is 0 Å². The van der Waals surface area contributed by atoms with Crippen LogP contribution in [-0.2, 0) is 25.0 Å². The van der Waals surface area contributed by atoms with Crippen LogP contribution in [0.2, 0.25) is 0 Å². The smallest absolute Gasteiger partial charge is 0.261 e. The molecule has 4 rings (SSSR count). The van der Waals surface area contributed by atoms with E-state index < -0.39 is 20.2 Å². The summed E-state index contributed by atoms with van der Waals surface area (Å²) in [7, 11) is 2.19. The summed E-state index contributed by atoms with van der Waals surface area (Å²) in [4.78, 5) is 9.16. The van der Waals surface area contributed by atoms with Crippen LogP contribution in [0.5, 0.6) is 34.5 Å². The molecule has 2 aromatic carbocycles. The van der Waals surface area contributed by atoms with Crippen LogP contribution in [0.25, 0.3) is 22.5 Å². The summed E-state index contributed by atoms with van der Waals surface area (Å²) < 4.78 is 90.1. The Labute approximate surface area is 310 Å². The van der Waals surface area contributed by atoms with Gasteiger partial charge in [0.2, 0.25) is 11.5 Å². The number of benzene rings is 2. The molecule has 0 bridgehead atoms. The third-order valence-corrected chi connectivity index (χ3v) is 6.60. The van der Waals surface area contributed by atoms with Gasteiger partial charge in [0, 0.05) is 24.2 Å². The number of nitrogens with zero attached hydrogens (tertiary/aromatic N) is 2. The zero-order valence-electron chi connectivity index (χ0n) is 30.7. The normalized spacial score (nSPS) is 10.8. The lowest BCUT2D eigenvalue weighted by Gasteiger charge is -2.14. The fourth-order valence-electron chi connectivity index (χ4n) is 4.43. The lowest BCUT2D eigenvalue weighted by atomic mass is 10.1. The van der Waals surface area contributed by atoms with Crippen molar-refractivity contribution in [3.05, 3.63) is 60.9 Å². The standard InChI is InChI=1S/C32H38N4O7.2CH4O3S/c1-37-27-15-21(16-28(38-2)31(27)41-5)25-9-7-23(19-35-25)33-11-13-43-14-12-34-24-8-10-26(36-20-24)22-17-29(39-3)32(42-6)30(18-22)40-4;2*1-5(2,3)4/h7-10,15-20,33-34H,11-14H2,1-6H3;2*1H3,(H,2,3,4). The summed E-state index contributed by atoms with van der Waals surface area (Å²) in [6.07, 6.45) is 5.00. The fraction of sp³-hybridized carbons (Fsp3) is 0.353. The van der Waals surface area contributed by atoms with E-state index in [0.29, 0.717) is 73.3 Å². The van der Waals surface area contributed by atoms with Crippen molar-refractivity contribution in [2.75, 3.05) is 92.1 Å². The second-order valence-electron chi connectivity index (χ2n) is 10.6. The topological polar surface area (TPSA) is 223 Å². The highest BCUT2D eigenvalue weighted by atomic mass is 32.2. The van der Waals surface area contributed by atoms with Crippen molar-refractivity contribution in [2.24, 2.45) is 0 Å². The highest BCUT2D eigenvalue weighted by Crippen LogP contribution is 2.42. The molecule has 2 heterocycles. The third kappa shape index (κ3) is 16.0. The lowest BCUT2D eigenvalue weighted by molar-refractivity contribution is 0.154. The molecule has 0 unspecified atom stereocenters. The minimum absolute atomic E-state index is 0.546. The van der Waals surface area contributed by atoms with Gasteiger partial charge in [-0.1, -0.05) is 0 Å². The van der Waals surface area contributed by atoms with Gasteiger partial charge in [0.15, 0.2) is 23.0 Å². The van der Waals surface area contributed by atoms with E-state index in [1.54, 1.807) is 55.1 Å². The zero-order chi connectivity index (χ0) is 39.6. The molecule has 53 heavy (non-hydrogen) atoms. The molecule has 4 N–H and O–H groups in total. The monoisotopic (exact) mass is 782 g/mol. The Hall–Kier alpha value is -5.08. The van der Waals surface area contributed by atoms with Gasteiger partial charge in [0.05, 0.1) is 104 Å². The highest BCUT2D eigenvalue weighted by Gasteiger charge is 2.16. The number of aromatic nitrogens is 2. The maximum Gasteiger partial charge on any atom is 0.261 e. The molecule has 2 aromatic heterocycles. The Balaban J connectivity index is 0.000000858. The van der Waals surface area contributed by atoms with Crippen LogP contribution < -0.4 is 39.1 Å². The minimum Gasteiger partial charge on any atom is -0.493 e. The minimum atomic E-state index is -3.67. The molecule has 0 amide bonds. The number of rotatable bonds is 16. The van der Waals surface area contributed by atoms with E-state index in [4.69, 9.17) is 42.3 Å². The summed E-state index contributed by atoms with van der Waals surface area (Å²) in [6, 6.07) is 15.3. The van der Waals surface area contributed by atoms with Gasteiger partial charge in [-0.25, -0.2) is 0 Å². The number of methoxy groups -OCH3 is 6. The van der Waals surface area contributed by atoms with Gasteiger partial charge in [-0.3, -0.25) is 19.1 Å². The molecule has 0 fully saturated rings. The van der Waals surface area contributed by atoms with Gasteiger partial charge in [-0.2, -0.15) is 16.8 Å². The van der Waals surface area contributed by atoms with Gasteiger partial charge >= 0.3 is 0 Å². The first kappa shape index (κ1) is 44.1. The first-order chi connectivity index (χ1) is 25.0. The molecular formula is C34H46N4O13S2. The fourth-order valence-corrected chi connectivity index (χ4v) is 4.43. The summed E-state index contributed by atoms with van der Waals surface area (Å²) >= 11 is 0. The number of anilines is 2. The van der Waals surface area contributed by atoms with Crippen LogP contribution in [0.3, 0.4) is 0 Å². The van der Waals surface area contributed by atoms with Crippen molar-refractivity contribution < 1.29 is 59.1 Å². The number of hydrogen-bond acceptors (Lipinski definition) is 15. The molecule has 292 valence electrons. The van der Waals surface area contributed by atoms with Crippen molar-refractivity contribution in [1.82, 2.24) is 9.97 Å². The van der Waals surface area contributed by atoms with Crippen molar-refractivity contribution in [1.29, 1.82) is 0 Å². The molecule has 0 aliphatic heterocycles. The molecule has 0 radical (unpaired) electrons. The first-order valence-corrected chi connectivity index (χ1v) is 19.2. The van der Waals surface area contributed by atoms with Crippen LogP contribution in [0, 0.1) is 0 Å². The quantitative estimate of drug-likeness (QED) is 0.0912. The third-order valence-electron chi connectivity index (χ3n) is 6.60. The predicted molar refractivity (Wildman–Crippen MR) is 201 cm³/mol. The molecular weight excluding hydrogens is 737 g/mol. The second kappa shape index (κ2) is 21.4. The van der Waals surface area contributed by atoms with Gasteiger partial charge in [-0.05, 0) is 48.5 Å². The molecule has 0 atom stereocenters. The number of ether oxygens (including phenoxy) is 7. The molecule has 4 aromatic rings. The van der Waals surface area contributed by atoms with Crippen LogP contribution in [0.15, 0.2) is 60.9 Å². The predicted octanol–water partition coefficient (Wildman–Crippen LogP) is 4.41. The molecule has 0 saturated heterocycles. The van der Waals surface area contributed by atoms with Crippen molar-refractivity contribution >= 4 is 31.6 Å². The Bertz CT molecular complexity index is 1740. The Morgan fingerprint density at radius 1 is 0.547 bits per heavy atom. The summed E-state index contributed by atoms with van der Waals surface area (Å²) in [5, 5.41) is 6.65. The maximum absolute atomic E-state index is 9.19. The van der Waals surface area contributed by atoms with E-state index in [0.717, 1.165) is 33.9 Å². The first-order valence-electron chi connectivity index (χ1n) is 15.5. The largest absolute Gasteiger partial charge is 0.493 e. The Kier molecular flexibility index (Phi) is 17.8. The average Bonchev–Trinajstić information content (AvgIpc) is 3.12. The Morgan fingerprint density at radius 2 is 0.849 bits per heavy atom. The second-order valence-corrected chi connectivity index (χ2v) is 13.6. The lowest BCUT2D eigenvalue weighted by Crippen LogP contribution is -2.14. The highest BCUT2D eigenvalue weighted by molar-refractivity contribution is 7.85. The number of nitrogens with one attached hydrogen (secondary N) is 2. The van der Waals surface area contributed by atoms with E-state index in [1.165, 1.54) is 0 Å². The zero-order valence-corrected chi connectivity index (χ0v) is 32.3. The maximum atomic E-state index is 9.19. The molecule has 0 saturated carbocycles. The van der Waals surface area contributed by atoms with E-state index in [9.17, 15) is 16.8 Å². The van der Waals surface area contributed by atoms with E-state index in [2.05, 4.69) is 20.6 Å². The SMILES string of the molecule is COc1cc(-c2ccc(NCCOCCNc3ccc(-c4cc(OC)c(OC)c(OC)c4)nc3)cn2)cc(OC)c1OC.CS(=O)(=O)O.CS(=O)(=O)O. The van der Waals surface area contributed by atoms with Gasteiger partial charge in [0.25, 0.3) is 20.2 Å². The summed E-state index contributed by atoms with van der Waals surface area (Å²) in [5.74, 6) is 3.41. The molecule has 17 nitrogen and oxygen atoms in total. The number of pyridine rings is 2. The van der Waals surface area contributed by atoms with Gasteiger partial charge in [0.1, 0.15) is 0 Å².